The molecular weight excluding hydrogens is 300 g/mol. The lowest BCUT2D eigenvalue weighted by atomic mass is 9.97. The molecule has 1 aliphatic rings. The van der Waals surface area contributed by atoms with Crippen LogP contribution in [0.3, 0.4) is 0 Å². The molecule has 0 spiro atoms. The Bertz CT molecular complexity index is 458. The molecule has 1 aromatic heterocycles. The van der Waals surface area contributed by atoms with Gasteiger partial charge in [-0.2, -0.15) is 9.36 Å². The quantitative estimate of drug-likeness (QED) is 0.512. The number of ether oxygens (including phenoxy) is 2. The zero-order valence-corrected chi connectivity index (χ0v) is 12.8. The monoisotopic (exact) mass is 320 g/mol. The van der Waals surface area contributed by atoms with E-state index in [-0.39, 0.29) is 0 Å². The number of nitrogens with zero attached hydrogens (tertiary/aromatic N) is 3. The minimum absolute atomic E-state index is 0.408. The van der Waals surface area contributed by atoms with Crippen LogP contribution in [0.4, 0.5) is 11.1 Å². The number of rotatable bonds is 5. The maximum absolute atomic E-state index is 10.2. The van der Waals surface area contributed by atoms with E-state index < -0.39 is 37.3 Å². The van der Waals surface area contributed by atoms with Crippen molar-refractivity contribution in [3.8, 4) is 0 Å². The Hall–Kier alpha value is -1.04. The first kappa shape index (κ1) is 16.3. The van der Waals surface area contributed by atoms with Gasteiger partial charge in [-0.25, -0.2) is 0 Å². The zero-order chi connectivity index (χ0) is 15.6. The van der Waals surface area contributed by atoms with Crippen LogP contribution < -0.4 is 10.2 Å². The van der Waals surface area contributed by atoms with Crippen LogP contribution in [0, 0.1) is 0 Å². The normalized spacial score (nSPS) is 33.0. The van der Waals surface area contributed by atoms with E-state index in [1.54, 1.807) is 4.90 Å². The van der Waals surface area contributed by atoms with Crippen LogP contribution in [0.25, 0.3) is 0 Å². The lowest BCUT2D eigenvalue weighted by Crippen LogP contribution is -2.61. The molecule has 5 atom stereocenters. The molecule has 0 bridgehead atoms. The number of aliphatic hydroxyl groups is 3. The highest BCUT2D eigenvalue weighted by molar-refractivity contribution is 7.09. The summed E-state index contributed by atoms with van der Waals surface area (Å²) in [6.07, 6.45) is -4.12. The van der Waals surface area contributed by atoms with Gasteiger partial charge in [0.2, 0.25) is 11.1 Å². The Morgan fingerprint density at radius 1 is 1.38 bits per heavy atom. The van der Waals surface area contributed by atoms with Crippen molar-refractivity contribution in [3.63, 3.8) is 0 Å². The molecule has 0 amide bonds. The highest BCUT2D eigenvalue weighted by Crippen LogP contribution is 2.26. The van der Waals surface area contributed by atoms with E-state index in [4.69, 9.17) is 14.6 Å². The highest BCUT2D eigenvalue weighted by Gasteiger charge is 2.44. The molecule has 4 N–H and O–H groups in total. The first-order valence-electron chi connectivity index (χ1n) is 6.40. The van der Waals surface area contributed by atoms with Gasteiger partial charge in [-0.05, 0) is 0 Å². The van der Waals surface area contributed by atoms with E-state index in [1.807, 2.05) is 14.1 Å². The molecule has 2 rings (SSSR count). The molecule has 0 unspecified atom stereocenters. The van der Waals surface area contributed by atoms with Gasteiger partial charge in [0, 0.05) is 32.7 Å². The van der Waals surface area contributed by atoms with E-state index in [1.165, 1.54) is 7.11 Å². The van der Waals surface area contributed by atoms with Crippen molar-refractivity contribution in [3.05, 3.63) is 0 Å². The Balaban J connectivity index is 2.12. The zero-order valence-electron chi connectivity index (χ0n) is 12.0. The third-order valence-corrected chi connectivity index (χ3v) is 3.86. The second kappa shape index (κ2) is 6.81. The van der Waals surface area contributed by atoms with Gasteiger partial charge >= 0.3 is 0 Å². The highest BCUT2D eigenvalue weighted by atomic mass is 32.1. The van der Waals surface area contributed by atoms with E-state index >= 15 is 0 Å². The summed E-state index contributed by atoms with van der Waals surface area (Å²) in [5.74, 6) is 0.538. The number of nitrogens with one attached hydrogen (secondary N) is 1. The number of hydrogen-bond donors (Lipinski definition) is 4. The standard InChI is InChI=1S/C11H20N4O5S/c1-15(2)10-13-11(21-14-10)12-6-8(18)7(17)5(4-16)20-9(6)19-3/h5-9,16-18H,4H2,1-3H3,(H,12,13,14)/t5-,6+,7+,8-,9-/m1/s1. The molecule has 0 aliphatic carbocycles. The summed E-state index contributed by atoms with van der Waals surface area (Å²) >= 11 is 1.13. The third kappa shape index (κ3) is 3.42. The van der Waals surface area contributed by atoms with Crippen molar-refractivity contribution in [1.29, 1.82) is 0 Å². The summed E-state index contributed by atoms with van der Waals surface area (Å²) in [4.78, 5) is 5.99. The summed E-state index contributed by atoms with van der Waals surface area (Å²) in [5, 5.41) is 32.7. The number of aromatic nitrogens is 2. The van der Waals surface area contributed by atoms with E-state index in [0.29, 0.717) is 11.1 Å². The average Bonchev–Trinajstić information content (AvgIpc) is 2.93. The lowest BCUT2D eigenvalue weighted by Gasteiger charge is -2.41. The van der Waals surface area contributed by atoms with E-state index in [2.05, 4.69) is 14.7 Å². The topological polar surface area (TPSA) is 120 Å². The van der Waals surface area contributed by atoms with Crippen molar-refractivity contribution in [2.24, 2.45) is 0 Å². The molecule has 1 fully saturated rings. The fourth-order valence-corrected chi connectivity index (χ4v) is 2.72. The molecule has 0 saturated carbocycles. The number of methoxy groups -OCH3 is 1. The van der Waals surface area contributed by atoms with Crippen LogP contribution >= 0.6 is 11.5 Å². The maximum atomic E-state index is 10.2. The number of aliphatic hydroxyl groups excluding tert-OH is 3. The summed E-state index contributed by atoms with van der Waals surface area (Å²) in [5.41, 5.74) is 0. The number of anilines is 2. The van der Waals surface area contributed by atoms with Crippen LogP contribution in [0.2, 0.25) is 0 Å². The largest absolute Gasteiger partial charge is 0.394 e. The SMILES string of the molecule is CO[C@@H]1O[C@H](CO)[C@H](O)[C@H](O)[C@@H]1Nc1nc(N(C)C)ns1. The van der Waals surface area contributed by atoms with Gasteiger partial charge in [0.1, 0.15) is 24.4 Å². The molecule has 1 saturated heterocycles. The minimum Gasteiger partial charge on any atom is -0.394 e. The van der Waals surface area contributed by atoms with Crippen molar-refractivity contribution in [2.45, 2.75) is 30.6 Å². The third-order valence-electron chi connectivity index (χ3n) is 3.22. The van der Waals surface area contributed by atoms with Gasteiger partial charge in [-0.1, -0.05) is 0 Å². The predicted octanol–water partition coefficient (Wildman–Crippen LogP) is -1.53. The van der Waals surface area contributed by atoms with Crippen LogP contribution in [0.1, 0.15) is 0 Å². The average molecular weight is 320 g/mol. The molecule has 1 aromatic rings. The first-order valence-corrected chi connectivity index (χ1v) is 7.18. The summed E-state index contributed by atoms with van der Waals surface area (Å²) < 4.78 is 14.7. The van der Waals surface area contributed by atoms with Crippen molar-refractivity contribution in [1.82, 2.24) is 9.36 Å². The van der Waals surface area contributed by atoms with Gasteiger partial charge in [-0.15, -0.1) is 0 Å². The molecule has 2 heterocycles. The smallest absolute Gasteiger partial charge is 0.238 e. The summed E-state index contributed by atoms with van der Waals surface area (Å²) in [6, 6.07) is -0.726. The van der Waals surface area contributed by atoms with Crippen LogP contribution in [-0.4, -0.2) is 83.1 Å². The fraction of sp³-hybridized carbons (Fsp3) is 0.818. The number of hydrogen-bond acceptors (Lipinski definition) is 10. The Morgan fingerprint density at radius 2 is 2.10 bits per heavy atom. The molecule has 21 heavy (non-hydrogen) atoms. The summed E-state index contributed by atoms with van der Waals surface area (Å²) in [6.45, 7) is -0.408. The molecule has 1 aliphatic heterocycles. The Labute approximate surface area is 126 Å². The van der Waals surface area contributed by atoms with Crippen LogP contribution in [-0.2, 0) is 9.47 Å². The van der Waals surface area contributed by atoms with Gasteiger partial charge in [-0.3, -0.25) is 0 Å². The second-order valence-corrected chi connectivity index (χ2v) is 5.66. The van der Waals surface area contributed by atoms with Gasteiger partial charge in [0.05, 0.1) is 6.61 Å². The van der Waals surface area contributed by atoms with Crippen LogP contribution in [0.5, 0.6) is 0 Å². The molecule has 10 heteroatoms. The Morgan fingerprint density at radius 3 is 2.62 bits per heavy atom. The van der Waals surface area contributed by atoms with Crippen molar-refractivity contribution >= 4 is 22.6 Å². The molecule has 0 radical (unpaired) electrons. The maximum Gasteiger partial charge on any atom is 0.238 e. The molecule has 0 aromatic carbocycles. The lowest BCUT2D eigenvalue weighted by molar-refractivity contribution is -0.254. The predicted molar refractivity (Wildman–Crippen MR) is 76.4 cm³/mol. The van der Waals surface area contributed by atoms with E-state index in [0.717, 1.165) is 11.5 Å². The van der Waals surface area contributed by atoms with Gasteiger partial charge in [0.25, 0.3) is 0 Å². The van der Waals surface area contributed by atoms with Crippen molar-refractivity contribution < 1.29 is 24.8 Å². The van der Waals surface area contributed by atoms with Crippen molar-refractivity contribution in [2.75, 3.05) is 38.0 Å². The van der Waals surface area contributed by atoms with Crippen LogP contribution in [0.15, 0.2) is 0 Å². The summed E-state index contributed by atoms with van der Waals surface area (Å²) in [7, 11) is 5.06. The van der Waals surface area contributed by atoms with E-state index in [9.17, 15) is 10.2 Å². The fourth-order valence-electron chi connectivity index (χ4n) is 2.04. The van der Waals surface area contributed by atoms with Gasteiger partial charge < -0.3 is 35.0 Å². The minimum atomic E-state index is -1.22. The molecule has 120 valence electrons. The Kier molecular flexibility index (Phi) is 5.30. The van der Waals surface area contributed by atoms with Gasteiger partial charge in [0.15, 0.2) is 6.29 Å². The first-order chi connectivity index (χ1) is 9.97. The second-order valence-electron chi connectivity index (χ2n) is 4.91. The molecule has 9 nitrogen and oxygen atoms in total. The molecular formula is C11H20N4O5S.